The summed E-state index contributed by atoms with van der Waals surface area (Å²) in [5, 5.41) is 9.12. The van der Waals surface area contributed by atoms with Crippen LogP contribution in [0.25, 0.3) is 0 Å². The Labute approximate surface area is 161 Å². The van der Waals surface area contributed by atoms with E-state index in [0.29, 0.717) is 0 Å². The number of hydrogen-bond acceptors (Lipinski definition) is 6. The minimum Gasteiger partial charge on any atom is -0.368 e. The molecule has 4 rings (SSSR count). The summed E-state index contributed by atoms with van der Waals surface area (Å²) in [5.74, 6) is 2.96. The SMILES string of the molecule is Cc1nc(N2CCCC2)cc(N2CCN(c3ccc(C#N)c(C)c3)CC2)n1. The van der Waals surface area contributed by atoms with Crippen molar-refractivity contribution in [2.45, 2.75) is 26.7 Å². The lowest BCUT2D eigenvalue weighted by atomic mass is 10.1. The van der Waals surface area contributed by atoms with E-state index >= 15 is 0 Å². The predicted molar refractivity (Wildman–Crippen MR) is 109 cm³/mol. The van der Waals surface area contributed by atoms with Crippen molar-refractivity contribution in [3.8, 4) is 6.07 Å². The molecule has 2 aliphatic rings. The zero-order chi connectivity index (χ0) is 18.8. The second kappa shape index (κ2) is 7.43. The molecule has 0 aliphatic carbocycles. The molecular weight excluding hydrogens is 336 g/mol. The third-order valence-corrected chi connectivity index (χ3v) is 5.54. The lowest BCUT2D eigenvalue weighted by Gasteiger charge is -2.37. The highest BCUT2D eigenvalue weighted by Crippen LogP contribution is 2.25. The van der Waals surface area contributed by atoms with E-state index in [9.17, 15) is 0 Å². The highest BCUT2D eigenvalue weighted by Gasteiger charge is 2.21. The molecule has 2 saturated heterocycles. The maximum atomic E-state index is 9.12. The molecule has 0 N–H and O–H groups in total. The molecule has 0 radical (unpaired) electrons. The average Bonchev–Trinajstić information content (AvgIpc) is 3.22. The van der Waals surface area contributed by atoms with Gasteiger partial charge in [-0.2, -0.15) is 5.26 Å². The van der Waals surface area contributed by atoms with E-state index in [0.717, 1.165) is 67.9 Å². The van der Waals surface area contributed by atoms with Crippen LogP contribution < -0.4 is 14.7 Å². The van der Waals surface area contributed by atoms with Gasteiger partial charge >= 0.3 is 0 Å². The Hall–Kier alpha value is -2.81. The van der Waals surface area contributed by atoms with Gasteiger partial charge in [-0.3, -0.25) is 0 Å². The standard InChI is InChI=1S/C21H26N6/c1-16-13-19(6-5-18(16)15-22)25-9-11-27(12-10-25)21-14-20(23-17(2)24-21)26-7-3-4-8-26/h5-6,13-14H,3-4,7-12H2,1-2H3. The third kappa shape index (κ3) is 3.68. The fourth-order valence-electron chi connectivity index (χ4n) is 3.97. The zero-order valence-corrected chi connectivity index (χ0v) is 16.1. The number of hydrogen-bond donors (Lipinski definition) is 0. The molecule has 0 atom stereocenters. The van der Waals surface area contributed by atoms with E-state index in [1.54, 1.807) is 0 Å². The Morgan fingerprint density at radius 1 is 0.815 bits per heavy atom. The van der Waals surface area contributed by atoms with Gasteiger partial charge in [-0.15, -0.1) is 0 Å². The molecule has 140 valence electrons. The third-order valence-electron chi connectivity index (χ3n) is 5.54. The van der Waals surface area contributed by atoms with Crippen LogP contribution in [-0.4, -0.2) is 49.2 Å². The first-order chi connectivity index (χ1) is 13.1. The molecule has 6 nitrogen and oxygen atoms in total. The van der Waals surface area contributed by atoms with Gasteiger partial charge < -0.3 is 14.7 Å². The van der Waals surface area contributed by atoms with Crippen LogP contribution in [0.15, 0.2) is 24.3 Å². The number of rotatable bonds is 3. The Morgan fingerprint density at radius 3 is 2.00 bits per heavy atom. The van der Waals surface area contributed by atoms with Gasteiger partial charge in [0.2, 0.25) is 0 Å². The molecule has 1 aromatic heterocycles. The first-order valence-corrected chi connectivity index (χ1v) is 9.75. The van der Waals surface area contributed by atoms with Crippen molar-refractivity contribution in [3.05, 3.63) is 41.2 Å². The van der Waals surface area contributed by atoms with E-state index in [1.165, 1.54) is 18.5 Å². The lowest BCUT2D eigenvalue weighted by molar-refractivity contribution is 0.645. The molecule has 1 aromatic carbocycles. The van der Waals surface area contributed by atoms with Gasteiger partial charge in [0.25, 0.3) is 0 Å². The highest BCUT2D eigenvalue weighted by atomic mass is 15.3. The van der Waals surface area contributed by atoms with Crippen LogP contribution in [0, 0.1) is 25.2 Å². The van der Waals surface area contributed by atoms with Crippen molar-refractivity contribution < 1.29 is 0 Å². The Kier molecular flexibility index (Phi) is 4.85. The van der Waals surface area contributed by atoms with Crippen LogP contribution in [0.2, 0.25) is 0 Å². The van der Waals surface area contributed by atoms with Crippen molar-refractivity contribution in [2.75, 3.05) is 54.0 Å². The monoisotopic (exact) mass is 362 g/mol. The molecule has 27 heavy (non-hydrogen) atoms. The van der Waals surface area contributed by atoms with Gasteiger partial charge in [0.05, 0.1) is 11.6 Å². The van der Waals surface area contributed by atoms with Crippen molar-refractivity contribution in [3.63, 3.8) is 0 Å². The van der Waals surface area contributed by atoms with Crippen molar-refractivity contribution in [1.29, 1.82) is 5.26 Å². The molecular formula is C21H26N6. The van der Waals surface area contributed by atoms with Gasteiger partial charge in [0, 0.05) is 51.0 Å². The van der Waals surface area contributed by atoms with E-state index < -0.39 is 0 Å². The fraction of sp³-hybridized carbons (Fsp3) is 0.476. The van der Waals surface area contributed by atoms with Crippen LogP contribution in [0.1, 0.15) is 29.8 Å². The Bertz CT molecular complexity index is 857. The predicted octanol–water partition coefficient (Wildman–Crippen LogP) is 2.89. The number of piperazine rings is 1. The van der Waals surface area contributed by atoms with Crippen LogP contribution in [0.3, 0.4) is 0 Å². The normalized spacial score (nSPS) is 17.3. The summed E-state index contributed by atoms with van der Waals surface area (Å²) in [6.07, 6.45) is 2.50. The van der Waals surface area contributed by atoms with E-state index in [1.807, 2.05) is 19.9 Å². The topological polar surface area (TPSA) is 59.3 Å². The zero-order valence-electron chi connectivity index (χ0n) is 16.1. The first-order valence-electron chi connectivity index (χ1n) is 9.75. The number of aromatic nitrogens is 2. The minimum atomic E-state index is 0.753. The highest BCUT2D eigenvalue weighted by molar-refractivity contribution is 5.56. The number of benzene rings is 1. The fourth-order valence-corrected chi connectivity index (χ4v) is 3.97. The number of aryl methyl sites for hydroxylation is 2. The van der Waals surface area contributed by atoms with Gasteiger partial charge in [0.1, 0.15) is 17.5 Å². The molecule has 0 spiro atoms. The molecule has 2 aliphatic heterocycles. The maximum absolute atomic E-state index is 9.12. The smallest absolute Gasteiger partial charge is 0.134 e. The number of anilines is 3. The van der Waals surface area contributed by atoms with Crippen molar-refractivity contribution in [1.82, 2.24) is 9.97 Å². The molecule has 3 heterocycles. The summed E-state index contributed by atoms with van der Waals surface area (Å²) in [5.41, 5.74) is 2.99. The summed E-state index contributed by atoms with van der Waals surface area (Å²) < 4.78 is 0. The van der Waals surface area contributed by atoms with E-state index in [-0.39, 0.29) is 0 Å². The molecule has 0 saturated carbocycles. The van der Waals surface area contributed by atoms with Crippen molar-refractivity contribution in [2.24, 2.45) is 0 Å². The summed E-state index contributed by atoms with van der Waals surface area (Å²) in [6.45, 7) is 9.97. The molecule has 6 heteroatoms. The molecule has 2 aromatic rings. The van der Waals surface area contributed by atoms with E-state index in [4.69, 9.17) is 10.2 Å². The van der Waals surface area contributed by atoms with Crippen LogP contribution in [0.4, 0.5) is 17.3 Å². The molecule has 2 fully saturated rings. The molecule has 0 unspecified atom stereocenters. The maximum Gasteiger partial charge on any atom is 0.134 e. The van der Waals surface area contributed by atoms with Gasteiger partial charge in [-0.1, -0.05) is 0 Å². The van der Waals surface area contributed by atoms with Gasteiger partial charge in [-0.25, -0.2) is 9.97 Å². The quantitative estimate of drug-likeness (QED) is 0.837. The Morgan fingerprint density at radius 2 is 1.41 bits per heavy atom. The minimum absolute atomic E-state index is 0.753. The van der Waals surface area contributed by atoms with Gasteiger partial charge in [-0.05, 0) is 50.5 Å². The Balaban J connectivity index is 1.46. The van der Waals surface area contributed by atoms with Crippen LogP contribution in [0.5, 0.6) is 0 Å². The number of nitriles is 1. The second-order valence-corrected chi connectivity index (χ2v) is 7.41. The van der Waals surface area contributed by atoms with Crippen LogP contribution >= 0.6 is 0 Å². The molecule has 0 amide bonds. The summed E-state index contributed by atoms with van der Waals surface area (Å²) in [6, 6.07) is 10.5. The van der Waals surface area contributed by atoms with Crippen LogP contribution in [-0.2, 0) is 0 Å². The summed E-state index contributed by atoms with van der Waals surface area (Å²) in [4.78, 5) is 16.5. The lowest BCUT2D eigenvalue weighted by Crippen LogP contribution is -2.47. The summed E-state index contributed by atoms with van der Waals surface area (Å²) in [7, 11) is 0. The van der Waals surface area contributed by atoms with E-state index in [2.05, 4.69) is 44.0 Å². The average molecular weight is 362 g/mol. The first kappa shape index (κ1) is 17.6. The van der Waals surface area contributed by atoms with Crippen molar-refractivity contribution >= 4 is 17.3 Å². The molecule has 0 bridgehead atoms. The van der Waals surface area contributed by atoms with Gasteiger partial charge in [0.15, 0.2) is 0 Å². The number of nitrogens with zero attached hydrogens (tertiary/aromatic N) is 6. The summed E-state index contributed by atoms with van der Waals surface area (Å²) >= 11 is 0. The second-order valence-electron chi connectivity index (χ2n) is 7.41. The largest absolute Gasteiger partial charge is 0.368 e.